The Kier molecular flexibility index (Phi) is 7.01. The number of carbonyl (C=O) groups excluding carboxylic acids is 2. The van der Waals surface area contributed by atoms with Crippen LogP contribution in [0.1, 0.15) is 54.7 Å². The summed E-state index contributed by atoms with van der Waals surface area (Å²) >= 11 is 0. The number of rotatable bonds is 9. The Morgan fingerprint density at radius 3 is 2.65 bits per heavy atom. The summed E-state index contributed by atoms with van der Waals surface area (Å²) in [5.41, 5.74) is 6.38. The first-order valence-electron chi connectivity index (χ1n) is 12.9. The number of benzene rings is 2. The van der Waals surface area contributed by atoms with Crippen LogP contribution in [0.5, 0.6) is 11.5 Å². The lowest BCUT2D eigenvalue weighted by atomic mass is 9.79. The number of nitrogens with zero attached hydrogens (tertiary/aromatic N) is 2. The second kappa shape index (κ2) is 10.3. The zero-order valence-corrected chi connectivity index (χ0v) is 22.5. The van der Waals surface area contributed by atoms with Crippen LogP contribution in [-0.4, -0.2) is 40.5 Å². The van der Waals surface area contributed by atoms with Crippen molar-refractivity contribution in [2.24, 2.45) is 5.73 Å². The van der Waals surface area contributed by atoms with Crippen LogP contribution in [0.3, 0.4) is 0 Å². The maximum atomic E-state index is 13.7. The van der Waals surface area contributed by atoms with Gasteiger partial charge in [0.2, 0.25) is 5.91 Å². The Hall–Kier alpha value is -4.37. The summed E-state index contributed by atoms with van der Waals surface area (Å²) in [6, 6.07) is 14.6. The largest absolute Gasteiger partial charge is 0.494 e. The van der Waals surface area contributed by atoms with Gasteiger partial charge in [0.25, 0.3) is 0 Å². The molecule has 5 rings (SSSR count). The van der Waals surface area contributed by atoms with Crippen molar-refractivity contribution in [3.8, 4) is 22.8 Å². The molecule has 8 nitrogen and oxygen atoms in total. The number of amides is 1. The fourth-order valence-corrected chi connectivity index (χ4v) is 5.15. The monoisotopic (exact) mass is 543 g/mol. The fraction of sp³-hybridized carbons (Fsp3) is 0.290. The van der Waals surface area contributed by atoms with Gasteiger partial charge in [-0.15, -0.1) is 0 Å². The number of nitrogens with two attached hydrogens (primary N) is 1. The number of Topliss-reactive ketones (excluding diaryl/α,β-unsaturated/α-hetero) is 1. The van der Waals surface area contributed by atoms with Crippen LogP contribution >= 0.6 is 0 Å². The lowest BCUT2D eigenvalue weighted by Crippen LogP contribution is -2.31. The molecule has 0 unspecified atom stereocenters. The highest BCUT2D eigenvalue weighted by molar-refractivity contribution is 6.01. The van der Waals surface area contributed by atoms with Crippen LogP contribution in [0.2, 0.25) is 0 Å². The van der Waals surface area contributed by atoms with Crippen molar-refractivity contribution < 1.29 is 28.6 Å². The third kappa shape index (κ3) is 5.12. The van der Waals surface area contributed by atoms with Crippen molar-refractivity contribution in [3.63, 3.8) is 0 Å². The number of carbonyl (C=O) groups is 2. The summed E-state index contributed by atoms with van der Waals surface area (Å²) in [5, 5.41) is 12.4. The van der Waals surface area contributed by atoms with Crippen LogP contribution in [-0.2, 0) is 15.8 Å². The van der Waals surface area contributed by atoms with Gasteiger partial charge in [0.05, 0.1) is 19.4 Å². The SMILES string of the molecule is COc1cc(C(=O)CC[C@](C)(O)c2cc3c(c(-c4ccc(F)cc4)n2)OC[C@]3(C)CC(N)=O)cc2cccnc12. The molecule has 206 valence electrons. The zero-order valence-electron chi connectivity index (χ0n) is 22.5. The van der Waals surface area contributed by atoms with Gasteiger partial charge < -0.3 is 20.3 Å². The highest BCUT2D eigenvalue weighted by atomic mass is 19.1. The Labute approximate surface area is 231 Å². The quantitative estimate of drug-likeness (QED) is 0.290. The topological polar surface area (TPSA) is 125 Å². The van der Waals surface area contributed by atoms with Crippen molar-refractivity contribution in [1.82, 2.24) is 9.97 Å². The molecule has 0 spiro atoms. The standard InChI is InChI=1S/C31H30FN3O5/c1-30(16-26(33)37)17-40-29-22(30)15-25(35-28(29)18-6-8-21(32)9-7-18)31(2,38)11-10-23(36)20-13-19-5-4-12-34-27(19)24(14-20)39-3/h4-9,12-15,38H,10-11,16-17H2,1-3H3,(H2,33,37)/t30-,31-/m0/s1. The normalized spacial score (nSPS) is 17.6. The first-order valence-corrected chi connectivity index (χ1v) is 12.9. The van der Waals surface area contributed by atoms with Gasteiger partial charge in [-0.2, -0.15) is 0 Å². The van der Waals surface area contributed by atoms with Gasteiger partial charge in [0, 0.05) is 46.5 Å². The van der Waals surface area contributed by atoms with Crippen LogP contribution in [0.15, 0.2) is 60.8 Å². The summed E-state index contributed by atoms with van der Waals surface area (Å²) in [6.45, 7) is 3.65. The average Bonchev–Trinajstić information content (AvgIpc) is 3.26. The minimum atomic E-state index is -1.52. The molecule has 1 amide bonds. The number of hydrogen-bond donors (Lipinski definition) is 2. The highest BCUT2D eigenvalue weighted by Crippen LogP contribution is 2.47. The summed E-state index contributed by atoms with van der Waals surface area (Å²) in [7, 11) is 1.52. The molecule has 2 aromatic heterocycles. The van der Waals surface area contributed by atoms with E-state index in [4.69, 9.17) is 20.2 Å². The van der Waals surface area contributed by atoms with Crippen LogP contribution in [0, 0.1) is 5.82 Å². The Bertz CT molecular complexity index is 1620. The van der Waals surface area contributed by atoms with E-state index in [0.29, 0.717) is 45.1 Å². The molecule has 0 aliphatic carbocycles. The van der Waals surface area contributed by atoms with Gasteiger partial charge in [0.1, 0.15) is 34.1 Å². The van der Waals surface area contributed by atoms with Gasteiger partial charge >= 0.3 is 0 Å². The van der Waals surface area contributed by atoms with E-state index in [1.54, 1.807) is 49.5 Å². The molecule has 9 heteroatoms. The molecule has 1 aliphatic rings. The van der Waals surface area contributed by atoms with Crippen molar-refractivity contribution in [3.05, 3.63) is 83.4 Å². The minimum Gasteiger partial charge on any atom is -0.494 e. The first-order chi connectivity index (χ1) is 19.0. The average molecular weight is 544 g/mol. The molecule has 0 radical (unpaired) electrons. The summed E-state index contributed by atoms with van der Waals surface area (Å²) in [6.07, 6.45) is 1.79. The number of fused-ring (bicyclic) bond motifs is 2. The van der Waals surface area contributed by atoms with Gasteiger partial charge in [-0.3, -0.25) is 14.6 Å². The van der Waals surface area contributed by atoms with Gasteiger partial charge in [0.15, 0.2) is 5.78 Å². The Morgan fingerprint density at radius 2 is 1.95 bits per heavy atom. The van der Waals surface area contributed by atoms with E-state index in [0.717, 1.165) is 5.39 Å². The lowest BCUT2D eigenvalue weighted by Gasteiger charge is -2.26. The van der Waals surface area contributed by atoms with Crippen molar-refractivity contribution in [1.29, 1.82) is 0 Å². The summed E-state index contributed by atoms with van der Waals surface area (Å²) in [5.74, 6) is -0.109. The molecular formula is C31H30FN3O5. The number of aromatic nitrogens is 2. The second-order valence-corrected chi connectivity index (χ2v) is 10.7. The van der Waals surface area contributed by atoms with Crippen molar-refractivity contribution in [2.45, 2.75) is 44.1 Å². The van der Waals surface area contributed by atoms with Crippen LogP contribution < -0.4 is 15.2 Å². The molecular weight excluding hydrogens is 513 g/mol. The third-order valence-electron chi connectivity index (χ3n) is 7.44. The minimum absolute atomic E-state index is 0.0294. The molecule has 3 N–H and O–H groups in total. The van der Waals surface area contributed by atoms with Gasteiger partial charge in [-0.25, -0.2) is 9.37 Å². The number of pyridine rings is 2. The number of aliphatic hydroxyl groups is 1. The van der Waals surface area contributed by atoms with Crippen molar-refractivity contribution in [2.75, 3.05) is 13.7 Å². The van der Waals surface area contributed by atoms with Gasteiger partial charge in [-0.05, 0) is 61.9 Å². The number of hydrogen-bond acceptors (Lipinski definition) is 7. The molecule has 40 heavy (non-hydrogen) atoms. The second-order valence-electron chi connectivity index (χ2n) is 10.7. The van der Waals surface area contributed by atoms with E-state index in [2.05, 4.69) is 4.98 Å². The summed E-state index contributed by atoms with van der Waals surface area (Å²) in [4.78, 5) is 34.2. The molecule has 2 aromatic carbocycles. The maximum absolute atomic E-state index is 13.7. The van der Waals surface area contributed by atoms with E-state index in [1.165, 1.54) is 19.2 Å². The Balaban J connectivity index is 1.49. The molecule has 0 saturated heterocycles. The first kappa shape index (κ1) is 27.2. The third-order valence-corrected chi connectivity index (χ3v) is 7.44. The van der Waals surface area contributed by atoms with Crippen LogP contribution in [0.4, 0.5) is 4.39 Å². The predicted octanol–water partition coefficient (Wildman–Crippen LogP) is 4.84. The van der Waals surface area contributed by atoms with Crippen molar-refractivity contribution >= 4 is 22.6 Å². The van der Waals surface area contributed by atoms with E-state index in [1.807, 2.05) is 13.0 Å². The smallest absolute Gasteiger partial charge is 0.218 e. The molecule has 3 heterocycles. The van der Waals surface area contributed by atoms with Gasteiger partial charge in [-0.1, -0.05) is 13.0 Å². The Morgan fingerprint density at radius 1 is 1.20 bits per heavy atom. The van der Waals surface area contributed by atoms with E-state index in [-0.39, 0.29) is 31.7 Å². The van der Waals surface area contributed by atoms with E-state index in [9.17, 15) is 19.1 Å². The maximum Gasteiger partial charge on any atom is 0.218 e. The fourth-order valence-electron chi connectivity index (χ4n) is 5.15. The van der Waals surface area contributed by atoms with E-state index >= 15 is 0 Å². The van der Waals surface area contributed by atoms with E-state index < -0.39 is 22.7 Å². The highest BCUT2D eigenvalue weighted by Gasteiger charge is 2.41. The molecule has 0 bridgehead atoms. The predicted molar refractivity (Wildman–Crippen MR) is 148 cm³/mol. The molecule has 0 saturated carbocycles. The molecule has 0 fully saturated rings. The lowest BCUT2D eigenvalue weighted by molar-refractivity contribution is -0.119. The van der Waals surface area contributed by atoms with Crippen LogP contribution in [0.25, 0.3) is 22.2 Å². The molecule has 2 atom stereocenters. The number of ketones is 1. The number of ether oxygens (including phenoxy) is 2. The number of halogens is 1. The number of methoxy groups -OCH3 is 1. The number of primary amides is 1. The molecule has 4 aromatic rings. The zero-order chi connectivity index (χ0) is 28.7. The molecule has 1 aliphatic heterocycles. The summed E-state index contributed by atoms with van der Waals surface area (Å²) < 4.78 is 25.1.